The van der Waals surface area contributed by atoms with Gasteiger partial charge in [-0.05, 0) is 61.1 Å². The van der Waals surface area contributed by atoms with Gasteiger partial charge in [-0.25, -0.2) is 0 Å². The molecule has 0 saturated carbocycles. The smallest absolute Gasteiger partial charge is 0.422 e. The number of alkyl halides is 3. The number of aromatic nitrogens is 1. The van der Waals surface area contributed by atoms with E-state index in [4.69, 9.17) is 4.74 Å². The molecule has 0 amide bonds. The molecule has 0 spiro atoms. The van der Waals surface area contributed by atoms with Crippen LogP contribution in [0.3, 0.4) is 0 Å². The number of fused-ring (bicyclic) bond motifs is 1. The predicted octanol–water partition coefficient (Wildman–Crippen LogP) is 5.49. The molecule has 3 aromatic rings. The van der Waals surface area contributed by atoms with Crippen molar-refractivity contribution in [1.29, 1.82) is 0 Å². The maximum absolute atomic E-state index is 12.3. The van der Waals surface area contributed by atoms with Crippen LogP contribution in [0.2, 0.25) is 0 Å². The molecule has 0 radical (unpaired) electrons. The van der Waals surface area contributed by atoms with E-state index in [0.717, 1.165) is 38.0 Å². The number of ether oxygens (including phenoxy) is 1. The van der Waals surface area contributed by atoms with Crippen LogP contribution in [0.5, 0.6) is 5.75 Å². The quantitative estimate of drug-likeness (QED) is 0.626. The number of likely N-dealkylation sites (tertiary alicyclic amines) is 1. The monoisotopic (exact) mass is 388 g/mol. The standard InChI is InChI=1S/C22H23F3N2O/c23-22(24,25)15-28-19-6-3-4-16(12-19)14-27-10-8-17(9-11-27)21-13-18-5-1-2-7-20(18)26-21/h1-7,12-13,17,26H,8-11,14-15H2. The molecule has 4 rings (SSSR count). The number of halogens is 3. The van der Waals surface area contributed by atoms with Gasteiger partial charge in [0.05, 0.1) is 0 Å². The number of nitrogens with zero attached hydrogens (tertiary/aromatic N) is 1. The maximum Gasteiger partial charge on any atom is 0.422 e. The third-order valence-corrected chi connectivity index (χ3v) is 5.29. The van der Waals surface area contributed by atoms with Gasteiger partial charge in [0.15, 0.2) is 6.61 Å². The number of rotatable bonds is 5. The molecule has 1 saturated heterocycles. The second-order valence-corrected chi connectivity index (χ2v) is 7.41. The van der Waals surface area contributed by atoms with Crippen LogP contribution in [0.1, 0.15) is 30.0 Å². The first kappa shape index (κ1) is 18.9. The number of hydrogen-bond acceptors (Lipinski definition) is 2. The Morgan fingerprint density at radius 2 is 1.79 bits per heavy atom. The van der Waals surface area contributed by atoms with Crippen LogP contribution < -0.4 is 4.74 Å². The van der Waals surface area contributed by atoms with E-state index in [1.807, 2.05) is 12.1 Å². The normalized spacial score (nSPS) is 16.5. The van der Waals surface area contributed by atoms with Crippen molar-refractivity contribution < 1.29 is 17.9 Å². The van der Waals surface area contributed by atoms with Crippen LogP contribution in [-0.2, 0) is 6.54 Å². The summed E-state index contributed by atoms with van der Waals surface area (Å²) in [6.07, 6.45) is -2.19. The lowest BCUT2D eigenvalue weighted by Gasteiger charge is -2.31. The molecular formula is C22H23F3N2O. The summed E-state index contributed by atoms with van der Waals surface area (Å²) in [4.78, 5) is 5.89. The number of hydrogen-bond donors (Lipinski definition) is 1. The highest BCUT2D eigenvalue weighted by atomic mass is 19.4. The zero-order chi connectivity index (χ0) is 19.6. The van der Waals surface area contributed by atoms with Gasteiger partial charge >= 0.3 is 6.18 Å². The maximum atomic E-state index is 12.3. The summed E-state index contributed by atoms with van der Waals surface area (Å²) >= 11 is 0. The molecule has 1 fully saturated rings. The number of para-hydroxylation sites is 1. The molecule has 0 bridgehead atoms. The minimum absolute atomic E-state index is 0.266. The van der Waals surface area contributed by atoms with Crippen molar-refractivity contribution in [1.82, 2.24) is 9.88 Å². The van der Waals surface area contributed by atoms with Gasteiger partial charge in [-0.1, -0.05) is 30.3 Å². The number of H-pyrrole nitrogens is 1. The Morgan fingerprint density at radius 3 is 2.54 bits per heavy atom. The highest BCUT2D eigenvalue weighted by Gasteiger charge is 2.28. The van der Waals surface area contributed by atoms with Gasteiger partial charge < -0.3 is 9.72 Å². The molecule has 28 heavy (non-hydrogen) atoms. The van der Waals surface area contributed by atoms with Crippen molar-refractivity contribution in [3.05, 3.63) is 65.9 Å². The lowest BCUT2D eigenvalue weighted by atomic mass is 9.93. The number of piperidine rings is 1. The Labute approximate surface area is 162 Å². The van der Waals surface area contributed by atoms with Crippen molar-refractivity contribution in [3.63, 3.8) is 0 Å². The summed E-state index contributed by atoms with van der Waals surface area (Å²) in [7, 11) is 0. The molecule has 1 aromatic heterocycles. The summed E-state index contributed by atoms with van der Waals surface area (Å²) in [6, 6.07) is 17.5. The molecule has 1 aliphatic heterocycles. The molecular weight excluding hydrogens is 365 g/mol. The highest BCUT2D eigenvalue weighted by molar-refractivity contribution is 5.80. The second kappa shape index (κ2) is 7.87. The predicted molar refractivity (Wildman–Crippen MR) is 104 cm³/mol. The van der Waals surface area contributed by atoms with Gasteiger partial charge in [0.25, 0.3) is 0 Å². The van der Waals surface area contributed by atoms with E-state index < -0.39 is 12.8 Å². The van der Waals surface area contributed by atoms with E-state index in [1.54, 1.807) is 18.2 Å². The number of benzene rings is 2. The van der Waals surface area contributed by atoms with Gasteiger partial charge in [-0.15, -0.1) is 0 Å². The minimum Gasteiger partial charge on any atom is -0.484 e. The Balaban J connectivity index is 1.33. The average molecular weight is 388 g/mol. The van der Waals surface area contributed by atoms with Crippen LogP contribution in [0.25, 0.3) is 10.9 Å². The van der Waals surface area contributed by atoms with Gasteiger partial charge in [0.2, 0.25) is 0 Å². The topological polar surface area (TPSA) is 28.3 Å². The number of nitrogens with one attached hydrogen (secondary N) is 1. The van der Waals surface area contributed by atoms with Crippen molar-refractivity contribution >= 4 is 10.9 Å². The second-order valence-electron chi connectivity index (χ2n) is 7.41. The van der Waals surface area contributed by atoms with Crippen molar-refractivity contribution in [2.24, 2.45) is 0 Å². The van der Waals surface area contributed by atoms with Gasteiger partial charge in [0, 0.05) is 23.7 Å². The van der Waals surface area contributed by atoms with Gasteiger partial charge in [-0.2, -0.15) is 13.2 Å². The van der Waals surface area contributed by atoms with Crippen LogP contribution in [0.15, 0.2) is 54.6 Å². The first-order valence-electron chi connectivity index (χ1n) is 9.55. The van der Waals surface area contributed by atoms with Crippen LogP contribution in [-0.4, -0.2) is 35.8 Å². The molecule has 2 aromatic carbocycles. The van der Waals surface area contributed by atoms with Crippen LogP contribution >= 0.6 is 0 Å². The van der Waals surface area contributed by atoms with Crippen LogP contribution in [0.4, 0.5) is 13.2 Å². The van der Waals surface area contributed by atoms with Gasteiger partial charge in [-0.3, -0.25) is 4.90 Å². The molecule has 0 unspecified atom stereocenters. The molecule has 1 aliphatic rings. The van der Waals surface area contributed by atoms with Crippen molar-refractivity contribution in [2.45, 2.75) is 31.5 Å². The Kier molecular flexibility index (Phi) is 5.31. The lowest BCUT2D eigenvalue weighted by Crippen LogP contribution is -2.32. The molecule has 3 nitrogen and oxygen atoms in total. The first-order valence-corrected chi connectivity index (χ1v) is 9.55. The third kappa shape index (κ3) is 4.68. The summed E-state index contributed by atoms with van der Waals surface area (Å²) in [5.74, 6) is 0.785. The largest absolute Gasteiger partial charge is 0.484 e. The van der Waals surface area contributed by atoms with Crippen LogP contribution in [0, 0.1) is 0 Å². The number of aromatic amines is 1. The Morgan fingerprint density at radius 1 is 1.00 bits per heavy atom. The third-order valence-electron chi connectivity index (χ3n) is 5.29. The zero-order valence-corrected chi connectivity index (χ0v) is 15.5. The molecule has 0 aliphatic carbocycles. The minimum atomic E-state index is -4.32. The first-order chi connectivity index (χ1) is 13.5. The Hall–Kier alpha value is -2.47. The SMILES string of the molecule is FC(F)(F)COc1cccc(CN2CCC(c3cc4ccccc4[nH]3)CC2)c1. The molecule has 2 heterocycles. The summed E-state index contributed by atoms with van der Waals surface area (Å²) in [5.41, 5.74) is 3.45. The average Bonchev–Trinajstić information content (AvgIpc) is 3.11. The fourth-order valence-corrected chi connectivity index (χ4v) is 3.87. The van der Waals surface area contributed by atoms with E-state index in [2.05, 4.69) is 34.1 Å². The molecule has 1 N–H and O–H groups in total. The highest BCUT2D eigenvalue weighted by Crippen LogP contribution is 2.30. The summed E-state index contributed by atoms with van der Waals surface area (Å²) in [6.45, 7) is 1.40. The zero-order valence-electron chi connectivity index (χ0n) is 15.5. The van der Waals surface area contributed by atoms with Crippen molar-refractivity contribution in [2.75, 3.05) is 19.7 Å². The van der Waals surface area contributed by atoms with E-state index in [0.29, 0.717) is 5.92 Å². The molecule has 6 heteroatoms. The van der Waals surface area contributed by atoms with E-state index in [1.165, 1.54) is 16.6 Å². The fourth-order valence-electron chi connectivity index (χ4n) is 3.87. The van der Waals surface area contributed by atoms with E-state index >= 15 is 0 Å². The fraction of sp³-hybridized carbons (Fsp3) is 0.364. The summed E-state index contributed by atoms with van der Waals surface area (Å²) < 4.78 is 41.8. The summed E-state index contributed by atoms with van der Waals surface area (Å²) in [5, 5.41) is 1.25. The van der Waals surface area contributed by atoms with Crippen molar-refractivity contribution in [3.8, 4) is 5.75 Å². The molecule has 0 atom stereocenters. The molecule has 148 valence electrons. The Bertz CT molecular complexity index is 894. The van der Waals surface area contributed by atoms with Gasteiger partial charge in [0.1, 0.15) is 5.75 Å². The lowest BCUT2D eigenvalue weighted by molar-refractivity contribution is -0.153. The van der Waals surface area contributed by atoms with E-state index in [9.17, 15) is 13.2 Å². The van der Waals surface area contributed by atoms with E-state index in [-0.39, 0.29) is 5.75 Å².